The van der Waals surface area contributed by atoms with Crippen molar-refractivity contribution in [2.45, 2.75) is 81.8 Å². The summed E-state index contributed by atoms with van der Waals surface area (Å²) in [6, 6.07) is 13.0. The van der Waals surface area contributed by atoms with Crippen LogP contribution < -0.4 is 11.1 Å². The maximum absolute atomic E-state index is 14.1. The van der Waals surface area contributed by atoms with Crippen LogP contribution in [0.1, 0.15) is 55.2 Å². The van der Waals surface area contributed by atoms with Crippen LogP contribution in [0.3, 0.4) is 0 Å². The second-order valence-corrected chi connectivity index (χ2v) is 14.6. The highest BCUT2D eigenvalue weighted by Gasteiger charge is 2.42. The lowest BCUT2D eigenvalue weighted by atomic mass is 9.96. The monoisotopic (exact) mass is 687 g/mol. The van der Waals surface area contributed by atoms with E-state index < -0.39 is 12.2 Å². The molecule has 5 heterocycles. The van der Waals surface area contributed by atoms with Crippen molar-refractivity contribution in [3.63, 3.8) is 0 Å². The number of terminal acetylenes is 1. The summed E-state index contributed by atoms with van der Waals surface area (Å²) < 4.78 is 6.05. The molecular weight excluding hydrogens is 642 g/mol. The van der Waals surface area contributed by atoms with Gasteiger partial charge in [0.1, 0.15) is 0 Å². The molecule has 5 aliphatic rings. The molecule has 49 heavy (non-hydrogen) atoms. The van der Waals surface area contributed by atoms with E-state index in [2.05, 4.69) is 28.1 Å². The van der Waals surface area contributed by atoms with Crippen molar-refractivity contribution < 1.29 is 19.1 Å². The van der Waals surface area contributed by atoms with Gasteiger partial charge in [-0.3, -0.25) is 9.69 Å². The Bertz CT molecular complexity index is 1620. The molecule has 2 aromatic rings. The van der Waals surface area contributed by atoms with E-state index in [9.17, 15) is 14.4 Å². The first-order valence-electron chi connectivity index (χ1n) is 17.6. The zero-order valence-corrected chi connectivity index (χ0v) is 28.9. The number of para-hydroxylation sites is 1. The summed E-state index contributed by atoms with van der Waals surface area (Å²) in [5, 5.41) is 3.29. The number of urea groups is 1. The van der Waals surface area contributed by atoms with Gasteiger partial charge in [-0.1, -0.05) is 35.7 Å². The SMILES string of the molecule is C#Cc1cc(C[C@@H](OC(=O)N2CCC(N3Cc4ccccc4NC3=O)CC2)C(=O)N2CCN(C3CC4CCC(C3)N4C)CC2)cc(Cl)c1N. The Morgan fingerprint density at radius 2 is 1.67 bits per heavy atom. The van der Waals surface area contributed by atoms with E-state index in [1.807, 2.05) is 34.1 Å². The molecule has 3 atom stereocenters. The third-order valence-electron chi connectivity index (χ3n) is 11.5. The van der Waals surface area contributed by atoms with Crippen LogP contribution in [0.4, 0.5) is 21.0 Å². The van der Waals surface area contributed by atoms with Gasteiger partial charge in [0.05, 0.1) is 10.7 Å². The largest absolute Gasteiger partial charge is 0.436 e. The molecular formula is C37H46ClN7O4. The van der Waals surface area contributed by atoms with Crippen molar-refractivity contribution >= 4 is 41.0 Å². The van der Waals surface area contributed by atoms with Crippen molar-refractivity contribution in [1.82, 2.24) is 24.5 Å². The third kappa shape index (κ3) is 6.91. The van der Waals surface area contributed by atoms with Crippen molar-refractivity contribution in [3.05, 3.63) is 58.1 Å². The smallest absolute Gasteiger partial charge is 0.410 e. The van der Waals surface area contributed by atoms with Crippen LogP contribution >= 0.6 is 11.6 Å². The number of nitrogens with zero attached hydrogens (tertiary/aromatic N) is 5. The number of halogens is 1. The van der Waals surface area contributed by atoms with Crippen LogP contribution in [0.2, 0.25) is 5.02 Å². The average Bonchev–Trinajstić information content (AvgIpc) is 3.30. The highest BCUT2D eigenvalue weighted by molar-refractivity contribution is 6.33. The van der Waals surface area contributed by atoms with Gasteiger partial charge in [-0.05, 0) is 74.9 Å². The minimum absolute atomic E-state index is 0.00927. The van der Waals surface area contributed by atoms with Crippen LogP contribution in [-0.2, 0) is 22.5 Å². The molecule has 0 spiro atoms. The number of nitrogens with one attached hydrogen (secondary N) is 1. The number of benzene rings is 2. The first-order valence-corrected chi connectivity index (χ1v) is 18.0. The van der Waals surface area contributed by atoms with Gasteiger partial charge in [0.25, 0.3) is 5.91 Å². The summed E-state index contributed by atoms with van der Waals surface area (Å²) in [6.07, 6.45) is 10.4. The first kappa shape index (κ1) is 33.5. The van der Waals surface area contributed by atoms with Gasteiger partial charge in [0.15, 0.2) is 6.10 Å². The van der Waals surface area contributed by atoms with Crippen LogP contribution in [-0.4, -0.2) is 119 Å². The fraction of sp³-hybridized carbons (Fsp3) is 0.541. The number of anilines is 2. The zero-order valence-electron chi connectivity index (χ0n) is 28.2. The first-order chi connectivity index (χ1) is 23.7. The fourth-order valence-corrected chi connectivity index (χ4v) is 8.81. The number of likely N-dealkylation sites (tertiary alicyclic amines) is 1. The molecule has 7 rings (SSSR count). The fourth-order valence-electron chi connectivity index (χ4n) is 8.57. The number of carbonyl (C=O) groups is 3. The highest BCUT2D eigenvalue weighted by atomic mass is 35.5. The number of amides is 4. The molecule has 4 saturated heterocycles. The molecule has 4 amide bonds. The van der Waals surface area contributed by atoms with Crippen molar-refractivity contribution in [1.29, 1.82) is 0 Å². The number of piperidine rings is 2. The quantitative estimate of drug-likeness (QED) is 0.345. The van der Waals surface area contributed by atoms with E-state index in [4.69, 9.17) is 28.5 Å². The molecule has 2 unspecified atom stereocenters. The minimum Gasteiger partial charge on any atom is -0.436 e. The Morgan fingerprint density at radius 1 is 0.980 bits per heavy atom. The molecule has 2 aromatic carbocycles. The molecule has 5 aliphatic heterocycles. The maximum atomic E-state index is 14.1. The Hall–Kier alpha value is -3.98. The predicted octanol–water partition coefficient (Wildman–Crippen LogP) is 4.23. The highest BCUT2D eigenvalue weighted by Crippen LogP contribution is 2.37. The lowest BCUT2D eigenvalue weighted by Gasteiger charge is -2.45. The number of fused-ring (bicyclic) bond motifs is 3. The Kier molecular flexibility index (Phi) is 9.64. The Balaban J connectivity index is 1.000. The summed E-state index contributed by atoms with van der Waals surface area (Å²) >= 11 is 6.40. The third-order valence-corrected chi connectivity index (χ3v) is 11.8. The van der Waals surface area contributed by atoms with Gasteiger partial charge < -0.3 is 35.4 Å². The molecule has 260 valence electrons. The molecule has 4 fully saturated rings. The van der Waals surface area contributed by atoms with Crippen molar-refractivity contribution in [2.24, 2.45) is 0 Å². The van der Waals surface area contributed by atoms with Crippen LogP contribution in [0.5, 0.6) is 0 Å². The number of piperazine rings is 1. The standard InChI is InChI=1S/C37H46ClN7O4/c1-3-25-18-24(19-31(38)34(25)39)20-33(35(46)43-16-14-42(15-17-43)30-21-28-8-9-29(22-30)41(28)2)49-37(48)44-12-10-27(11-13-44)45-23-26-6-4-5-7-32(26)40-36(45)47/h1,4-7,18-19,27-30,33H,8-17,20-23,39H2,2H3,(H,40,47)/t28?,29?,30?,33-/m1/s1. The second kappa shape index (κ2) is 14.1. The molecule has 3 N–H and O–H groups in total. The summed E-state index contributed by atoms with van der Waals surface area (Å²) in [5.41, 5.74) is 9.40. The number of hydrogen-bond acceptors (Lipinski definition) is 7. The van der Waals surface area contributed by atoms with Crippen LogP contribution in [0.15, 0.2) is 36.4 Å². The van der Waals surface area contributed by atoms with Crippen LogP contribution in [0, 0.1) is 12.3 Å². The van der Waals surface area contributed by atoms with E-state index in [0.29, 0.717) is 85.5 Å². The zero-order chi connectivity index (χ0) is 34.2. The minimum atomic E-state index is -1.05. The van der Waals surface area contributed by atoms with Crippen LogP contribution in [0.25, 0.3) is 0 Å². The number of rotatable bonds is 6. The normalized spacial score (nSPS) is 25.4. The van der Waals surface area contributed by atoms with E-state index >= 15 is 0 Å². The van der Waals surface area contributed by atoms with E-state index in [0.717, 1.165) is 24.3 Å². The van der Waals surface area contributed by atoms with E-state index in [-0.39, 0.29) is 24.4 Å². The number of hydrogen-bond donors (Lipinski definition) is 2. The van der Waals surface area contributed by atoms with Gasteiger partial charge >= 0.3 is 12.1 Å². The van der Waals surface area contributed by atoms with E-state index in [1.165, 1.54) is 25.7 Å². The summed E-state index contributed by atoms with van der Waals surface area (Å²) in [5.74, 6) is 2.34. The molecule has 0 saturated carbocycles. The molecule has 11 nitrogen and oxygen atoms in total. The average molecular weight is 688 g/mol. The Morgan fingerprint density at radius 3 is 2.37 bits per heavy atom. The van der Waals surface area contributed by atoms with Crippen molar-refractivity contribution in [3.8, 4) is 12.3 Å². The number of nitrogens with two attached hydrogens (primary N) is 1. The molecule has 2 bridgehead atoms. The predicted molar refractivity (Wildman–Crippen MR) is 189 cm³/mol. The van der Waals surface area contributed by atoms with Gasteiger partial charge in [0.2, 0.25) is 0 Å². The van der Waals surface area contributed by atoms with Gasteiger partial charge in [-0.15, -0.1) is 6.42 Å². The van der Waals surface area contributed by atoms with E-state index in [1.54, 1.807) is 17.0 Å². The number of carbonyl (C=O) groups excluding carboxylic acids is 3. The number of ether oxygens (including phenoxy) is 1. The summed E-state index contributed by atoms with van der Waals surface area (Å²) in [6.45, 7) is 4.14. The number of nitrogen functional groups attached to an aromatic ring is 1. The van der Waals surface area contributed by atoms with Gasteiger partial charge in [0, 0.05) is 87.7 Å². The molecule has 0 aromatic heterocycles. The van der Waals surface area contributed by atoms with Gasteiger partial charge in [-0.2, -0.15) is 0 Å². The van der Waals surface area contributed by atoms with Crippen molar-refractivity contribution in [2.75, 3.05) is 57.4 Å². The topological polar surface area (TPSA) is 115 Å². The summed E-state index contributed by atoms with van der Waals surface area (Å²) in [7, 11) is 2.26. The maximum Gasteiger partial charge on any atom is 0.410 e. The molecule has 0 aliphatic carbocycles. The van der Waals surface area contributed by atoms with Gasteiger partial charge in [-0.25, -0.2) is 9.59 Å². The lowest BCUT2D eigenvalue weighted by molar-refractivity contribution is -0.143. The second-order valence-electron chi connectivity index (χ2n) is 14.2. The Labute approximate surface area is 293 Å². The lowest BCUT2D eigenvalue weighted by Crippen LogP contribution is -2.57. The summed E-state index contributed by atoms with van der Waals surface area (Å²) in [4.78, 5) is 51.1. The molecule has 0 radical (unpaired) electrons. The molecule has 12 heteroatoms.